The molecule has 0 bridgehead atoms. The predicted octanol–water partition coefficient (Wildman–Crippen LogP) is 5.49. The SMILES string of the molecule is Cc1nc(-c2cccnc2C(C)C)c(C(C)CC(C)(C)[S+](N)[O-])n1CCOCc1ccccc1. The molecule has 184 valence electrons. The van der Waals surface area contributed by atoms with E-state index in [1.54, 1.807) is 0 Å². The second kappa shape index (κ2) is 11.5. The summed E-state index contributed by atoms with van der Waals surface area (Å²) in [6.07, 6.45) is 2.51. The lowest BCUT2D eigenvalue weighted by molar-refractivity contribution is 0.112. The van der Waals surface area contributed by atoms with Crippen molar-refractivity contribution >= 4 is 11.4 Å². The molecule has 0 saturated heterocycles. The summed E-state index contributed by atoms with van der Waals surface area (Å²) in [5.74, 6) is 1.30. The van der Waals surface area contributed by atoms with Crippen LogP contribution < -0.4 is 5.14 Å². The van der Waals surface area contributed by atoms with Gasteiger partial charge in [0, 0.05) is 47.7 Å². The highest BCUT2D eigenvalue weighted by molar-refractivity contribution is 7.90. The van der Waals surface area contributed by atoms with Crippen LogP contribution in [0.1, 0.15) is 75.7 Å². The van der Waals surface area contributed by atoms with E-state index < -0.39 is 16.1 Å². The summed E-state index contributed by atoms with van der Waals surface area (Å²) in [6.45, 7) is 14.3. The molecule has 0 aliphatic carbocycles. The lowest BCUT2D eigenvalue weighted by atomic mass is 9.91. The van der Waals surface area contributed by atoms with Crippen LogP contribution >= 0.6 is 0 Å². The molecule has 0 saturated carbocycles. The van der Waals surface area contributed by atoms with Gasteiger partial charge in [0.1, 0.15) is 10.6 Å². The number of nitrogens with zero attached hydrogens (tertiary/aromatic N) is 3. The first-order chi connectivity index (χ1) is 16.1. The standard InChI is InChI=1S/C27H38N4O2S/c1-19(2)24-23(13-10-14-29-24)25-26(20(3)17-27(5,6)34(28)32)31(21(4)30-25)15-16-33-18-22-11-8-7-9-12-22/h7-14,19-20H,15-18,28H2,1-6H3. The van der Waals surface area contributed by atoms with Crippen LogP contribution in [0.2, 0.25) is 0 Å². The molecular weight excluding hydrogens is 444 g/mol. The highest BCUT2D eigenvalue weighted by Gasteiger charge is 2.35. The van der Waals surface area contributed by atoms with Gasteiger partial charge in [-0.3, -0.25) is 4.98 Å². The molecule has 0 spiro atoms. The van der Waals surface area contributed by atoms with Gasteiger partial charge in [-0.1, -0.05) is 51.1 Å². The van der Waals surface area contributed by atoms with Crippen LogP contribution in [0.3, 0.4) is 0 Å². The fourth-order valence-corrected chi connectivity index (χ4v) is 4.89. The highest BCUT2D eigenvalue weighted by Crippen LogP contribution is 2.38. The summed E-state index contributed by atoms with van der Waals surface area (Å²) in [5.41, 5.74) is 5.31. The van der Waals surface area contributed by atoms with Crippen molar-refractivity contribution in [2.75, 3.05) is 6.61 Å². The first kappa shape index (κ1) is 26.4. The van der Waals surface area contributed by atoms with Gasteiger partial charge >= 0.3 is 0 Å². The van der Waals surface area contributed by atoms with E-state index in [2.05, 4.69) is 48.5 Å². The van der Waals surface area contributed by atoms with Gasteiger partial charge in [0.05, 0.1) is 24.6 Å². The van der Waals surface area contributed by atoms with E-state index in [9.17, 15) is 4.55 Å². The first-order valence-corrected chi connectivity index (χ1v) is 13.1. The third-order valence-electron chi connectivity index (χ3n) is 6.22. The zero-order valence-electron chi connectivity index (χ0n) is 21.2. The van der Waals surface area contributed by atoms with Crippen LogP contribution in [0, 0.1) is 6.92 Å². The van der Waals surface area contributed by atoms with Gasteiger partial charge in [0.15, 0.2) is 0 Å². The van der Waals surface area contributed by atoms with Crippen LogP contribution in [0.5, 0.6) is 0 Å². The number of imidazole rings is 1. The average molecular weight is 483 g/mol. The molecule has 0 aliphatic rings. The molecule has 0 amide bonds. The van der Waals surface area contributed by atoms with E-state index in [0.717, 1.165) is 34.0 Å². The van der Waals surface area contributed by atoms with E-state index in [-0.39, 0.29) is 11.8 Å². The molecule has 3 rings (SSSR count). The molecule has 3 aromatic rings. The number of pyridine rings is 1. The molecule has 6 nitrogen and oxygen atoms in total. The molecule has 0 radical (unpaired) electrons. The normalized spacial score (nSPS) is 13.9. The molecule has 7 heteroatoms. The largest absolute Gasteiger partial charge is 0.598 e. The summed E-state index contributed by atoms with van der Waals surface area (Å²) in [6, 6.07) is 14.3. The number of rotatable bonds is 11. The van der Waals surface area contributed by atoms with Gasteiger partial charge in [-0.15, -0.1) is 0 Å². The molecule has 2 unspecified atom stereocenters. The summed E-state index contributed by atoms with van der Waals surface area (Å²) in [4.78, 5) is 9.68. The van der Waals surface area contributed by atoms with Crippen LogP contribution in [0.15, 0.2) is 48.7 Å². The Kier molecular flexibility index (Phi) is 8.93. The lowest BCUT2D eigenvalue weighted by Crippen LogP contribution is -2.39. The van der Waals surface area contributed by atoms with Crippen molar-refractivity contribution in [3.8, 4) is 11.3 Å². The molecule has 2 N–H and O–H groups in total. The van der Waals surface area contributed by atoms with Crippen molar-refractivity contribution in [1.29, 1.82) is 0 Å². The molecule has 0 fully saturated rings. The average Bonchev–Trinajstić information content (AvgIpc) is 3.13. The van der Waals surface area contributed by atoms with Gasteiger partial charge in [-0.2, -0.15) is 5.14 Å². The lowest BCUT2D eigenvalue weighted by Gasteiger charge is -2.28. The molecular formula is C27H38N4O2S. The van der Waals surface area contributed by atoms with Crippen molar-refractivity contribution in [2.24, 2.45) is 5.14 Å². The summed E-state index contributed by atoms with van der Waals surface area (Å²) in [7, 11) is 0. The smallest absolute Gasteiger partial charge is 0.140 e. The maximum atomic E-state index is 12.2. The number of hydrogen-bond acceptors (Lipinski definition) is 5. The maximum absolute atomic E-state index is 12.2. The minimum absolute atomic E-state index is 0.0908. The number of benzene rings is 1. The zero-order valence-corrected chi connectivity index (χ0v) is 22.1. The van der Waals surface area contributed by atoms with E-state index in [4.69, 9.17) is 14.9 Å². The zero-order chi connectivity index (χ0) is 24.9. The number of nitrogens with two attached hydrogens (primary N) is 1. The quantitative estimate of drug-likeness (QED) is 0.288. The van der Waals surface area contributed by atoms with Crippen LogP contribution in [0.25, 0.3) is 11.3 Å². The van der Waals surface area contributed by atoms with Gasteiger partial charge < -0.3 is 13.9 Å². The van der Waals surface area contributed by atoms with E-state index in [1.807, 2.05) is 51.2 Å². The monoisotopic (exact) mass is 482 g/mol. The Hall–Kier alpha value is -2.19. The van der Waals surface area contributed by atoms with Gasteiger partial charge in [-0.05, 0) is 44.4 Å². The Balaban J connectivity index is 1.95. The minimum atomic E-state index is -1.43. The van der Waals surface area contributed by atoms with Crippen molar-refractivity contribution < 1.29 is 9.29 Å². The fraction of sp³-hybridized carbons (Fsp3) is 0.481. The van der Waals surface area contributed by atoms with Crippen LogP contribution in [0.4, 0.5) is 0 Å². The highest BCUT2D eigenvalue weighted by atomic mass is 32.2. The van der Waals surface area contributed by atoms with Crippen LogP contribution in [-0.2, 0) is 29.3 Å². The number of aryl methyl sites for hydroxylation is 1. The molecule has 2 aromatic heterocycles. The minimum Gasteiger partial charge on any atom is -0.598 e. The Labute approximate surface area is 207 Å². The third-order valence-corrected chi connectivity index (χ3v) is 7.47. The summed E-state index contributed by atoms with van der Waals surface area (Å²) in [5, 5.41) is 5.83. The number of hydrogen-bond donors (Lipinski definition) is 1. The summed E-state index contributed by atoms with van der Waals surface area (Å²) >= 11 is -1.43. The number of ether oxygens (including phenoxy) is 1. The summed E-state index contributed by atoms with van der Waals surface area (Å²) < 4.78 is 19.9. The maximum Gasteiger partial charge on any atom is 0.140 e. The van der Waals surface area contributed by atoms with Crippen molar-refractivity contribution in [2.45, 2.75) is 77.7 Å². The molecule has 2 atom stereocenters. The second-order valence-corrected chi connectivity index (χ2v) is 11.5. The van der Waals surface area contributed by atoms with Crippen molar-refractivity contribution in [3.63, 3.8) is 0 Å². The van der Waals surface area contributed by atoms with Crippen LogP contribution in [-0.4, -0.2) is 30.4 Å². The van der Waals surface area contributed by atoms with Gasteiger partial charge in [0.2, 0.25) is 0 Å². The second-order valence-electron chi connectivity index (χ2n) is 9.84. The van der Waals surface area contributed by atoms with Gasteiger partial charge in [-0.25, -0.2) is 4.98 Å². The predicted molar refractivity (Wildman–Crippen MR) is 140 cm³/mol. The Morgan fingerprint density at radius 3 is 2.47 bits per heavy atom. The van der Waals surface area contributed by atoms with E-state index in [0.29, 0.717) is 26.2 Å². The van der Waals surface area contributed by atoms with Gasteiger partial charge in [0.25, 0.3) is 0 Å². The fourth-order valence-electron chi connectivity index (χ4n) is 4.48. The number of aromatic nitrogens is 3. The van der Waals surface area contributed by atoms with E-state index in [1.165, 1.54) is 0 Å². The molecule has 2 heterocycles. The third kappa shape index (κ3) is 6.27. The Morgan fingerprint density at radius 1 is 1.12 bits per heavy atom. The topological polar surface area (TPSA) is 89.0 Å². The first-order valence-electron chi connectivity index (χ1n) is 11.9. The molecule has 34 heavy (non-hydrogen) atoms. The Bertz CT molecular complexity index is 1060. The van der Waals surface area contributed by atoms with Crippen molar-refractivity contribution in [3.05, 3.63) is 71.4 Å². The van der Waals surface area contributed by atoms with E-state index >= 15 is 0 Å². The Morgan fingerprint density at radius 2 is 1.82 bits per heavy atom. The van der Waals surface area contributed by atoms with Crippen molar-refractivity contribution in [1.82, 2.24) is 14.5 Å². The molecule has 0 aliphatic heterocycles. The molecule has 1 aromatic carbocycles.